The number of aliphatic hydroxyl groups excluding tert-OH is 1. The van der Waals surface area contributed by atoms with Gasteiger partial charge < -0.3 is 20.1 Å². The molecule has 0 aromatic carbocycles. The highest BCUT2D eigenvalue weighted by Crippen LogP contribution is 2.10. The molecular formula is C14H28IN3O3. The second-order valence-corrected chi connectivity index (χ2v) is 5.97. The molecule has 1 rings (SSSR count). The average molecular weight is 413 g/mol. The molecular weight excluding hydrogens is 385 g/mol. The van der Waals surface area contributed by atoms with Crippen LogP contribution in [0.1, 0.15) is 40.5 Å². The van der Waals surface area contributed by atoms with Crippen LogP contribution in [-0.4, -0.2) is 59.8 Å². The zero-order chi connectivity index (χ0) is 15.2. The van der Waals surface area contributed by atoms with E-state index in [9.17, 15) is 9.90 Å². The maximum atomic E-state index is 11.7. The summed E-state index contributed by atoms with van der Waals surface area (Å²) in [6, 6.07) is 0. The maximum Gasteiger partial charge on any atom is 0.328 e. The molecule has 0 aromatic rings. The molecule has 1 aliphatic rings. The van der Waals surface area contributed by atoms with E-state index >= 15 is 0 Å². The lowest BCUT2D eigenvalue weighted by molar-refractivity contribution is -0.152. The molecule has 0 bridgehead atoms. The Kier molecular flexibility index (Phi) is 9.19. The number of nitrogens with one attached hydrogen (secondary N) is 1. The van der Waals surface area contributed by atoms with Crippen LogP contribution in [0.2, 0.25) is 0 Å². The van der Waals surface area contributed by atoms with Gasteiger partial charge in [0.15, 0.2) is 5.96 Å². The summed E-state index contributed by atoms with van der Waals surface area (Å²) < 4.78 is 5.24. The van der Waals surface area contributed by atoms with E-state index in [1.54, 1.807) is 0 Å². The summed E-state index contributed by atoms with van der Waals surface area (Å²) in [7, 11) is 0. The molecule has 1 fully saturated rings. The number of aliphatic hydroxyl groups is 1. The highest BCUT2D eigenvalue weighted by Gasteiger charge is 2.20. The van der Waals surface area contributed by atoms with Crippen molar-refractivity contribution >= 4 is 35.9 Å². The van der Waals surface area contributed by atoms with Crippen LogP contribution in [0.5, 0.6) is 0 Å². The minimum absolute atomic E-state index is 0. The normalized spacial score (nSPS) is 17.2. The predicted octanol–water partition coefficient (Wildman–Crippen LogP) is 1.37. The van der Waals surface area contributed by atoms with Gasteiger partial charge >= 0.3 is 5.97 Å². The second kappa shape index (κ2) is 9.45. The SMILES string of the molecule is CCNC(=NCC(=O)OC(C)(C)C)N1CCC(O)CC1.I. The van der Waals surface area contributed by atoms with Crippen LogP contribution in [0.4, 0.5) is 0 Å². The Morgan fingerprint density at radius 3 is 2.43 bits per heavy atom. The van der Waals surface area contributed by atoms with Crippen LogP contribution in [-0.2, 0) is 9.53 Å². The summed E-state index contributed by atoms with van der Waals surface area (Å²) in [5, 5.41) is 12.7. The quantitative estimate of drug-likeness (QED) is 0.317. The standard InChI is InChI=1S/C14H27N3O3.HI/c1-5-15-13(17-8-6-11(18)7-9-17)16-10-12(19)20-14(2,3)4;/h11,18H,5-10H2,1-4H3,(H,15,16);1H. The van der Waals surface area contributed by atoms with Gasteiger partial charge in [0.2, 0.25) is 0 Å². The zero-order valence-corrected chi connectivity index (χ0v) is 15.7. The minimum atomic E-state index is -0.486. The molecule has 0 aliphatic carbocycles. The van der Waals surface area contributed by atoms with E-state index in [-0.39, 0.29) is 42.6 Å². The number of esters is 1. The predicted molar refractivity (Wildman–Crippen MR) is 94.1 cm³/mol. The number of nitrogens with zero attached hydrogens (tertiary/aromatic N) is 2. The molecule has 7 heteroatoms. The highest BCUT2D eigenvalue weighted by molar-refractivity contribution is 14.0. The van der Waals surface area contributed by atoms with Crippen LogP contribution in [0, 0.1) is 0 Å². The molecule has 1 aliphatic heterocycles. The monoisotopic (exact) mass is 413 g/mol. The van der Waals surface area contributed by atoms with E-state index in [4.69, 9.17) is 4.74 Å². The number of aliphatic imine (C=N–C) groups is 1. The molecule has 0 radical (unpaired) electrons. The van der Waals surface area contributed by atoms with Gasteiger partial charge in [0, 0.05) is 19.6 Å². The Bertz CT molecular complexity index is 348. The van der Waals surface area contributed by atoms with Crippen molar-refractivity contribution in [2.75, 3.05) is 26.2 Å². The molecule has 0 amide bonds. The lowest BCUT2D eigenvalue weighted by Gasteiger charge is -2.32. The van der Waals surface area contributed by atoms with Gasteiger partial charge in [-0.05, 0) is 40.5 Å². The van der Waals surface area contributed by atoms with Gasteiger partial charge in [-0.1, -0.05) is 0 Å². The fourth-order valence-electron chi connectivity index (χ4n) is 2.02. The number of carbonyl (C=O) groups is 1. The van der Waals surface area contributed by atoms with Crippen molar-refractivity contribution < 1.29 is 14.6 Å². The van der Waals surface area contributed by atoms with Crippen molar-refractivity contribution in [2.24, 2.45) is 4.99 Å². The summed E-state index contributed by atoms with van der Waals surface area (Å²) in [5.74, 6) is 0.384. The first kappa shape index (κ1) is 20.4. The Morgan fingerprint density at radius 1 is 1.38 bits per heavy atom. The number of likely N-dealkylation sites (tertiary alicyclic amines) is 1. The lowest BCUT2D eigenvalue weighted by Crippen LogP contribution is -2.46. The molecule has 21 heavy (non-hydrogen) atoms. The largest absolute Gasteiger partial charge is 0.459 e. The number of hydrogen-bond donors (Lipinski definition) is 2. The van der Waals surface area contributed by atoms with E-state index in [0.717, 1.165) is 32.5 Å². The molecule has 0 atom stereocenters. The number of halogens is 1. The summed E-state index contributed by atoms with van der Waals surface area (Å²) in [4.78, 5) is 18.1. The second-order valence-electron chi connectivity index (χ2n) is 5.97. The first-order valence-electron chi connectivity index (χ1n) is 7.25. The molecule has 0 spiro atoms. The highest BCUT2D eigenvalue weighted by atomic mass is 127. The number of hydrogen-bond acceptors (Lipinski definition) is 4. The number of ether oxygens (including phenoxy) is 1. The fraction of sp³-hybridized carbons (Fsp3) is 0.857. The minimum Gasteiger partial charge on any atom is -0.459 e. The van der Waals surface area contributed by atoms with Gasteiger partial charge in [0.05, 0.1) is 6.10 Å². The third-order valence-electron chi connectivity index (χ3n) is 2.88. The van der Waals surface area contributed by atoms with E-state index in [2.05, 4.69) is 15.2 Å². The lowest BCUT2D eigenvalue weighted by atomic mass is 10.1. The topological polar surface area (TPSA) is 74.2 Å². The smallest absolute Gasteiger partial charge is 0.328 e. The molecule has 6 nitrogen and oxygen atoms in total. The van der Waals surface area contributed by atoms with Crippen LogP contribution in [0.25, 0.3) is 0 Å². The van der Waals surface area contributed by atoms with Crippen molar-refractivity contribution in [1.82, 2.24) is 10.2 Å². The Hall–Kier alpha value is -0.570. The zero-order valence-electron chi connectivity index (χ0n) is 13.4. The summed E-state index contributed by atoms with van der Waals surface area (Å²) in [6.07, 6.45) is 1.24. The van der Waals surface area contributed by atoms with Gasteiger partial charge in [0.1, 0.15) is 12.1 Å². The van der Waals surface area contributed by atoms with Gasteiger partial charge in [-0.25, -0.2) is 4.99 Å². The van der Waals surface area contributed by atoms with Gasteiger partial charge in [0.25, 0.3) is 0 Å². The Morgan fingerprint density at radius 2 is 1.95 bits per heavy atom. The number of guanidine groups is 1. The van der Waals surface area contributed by atoms with Gasteiger partial charge in [-0.3, -0.25) is 4.79 Å². The third kappa shape index (κ3) is 8.45. The van der Waals surface area contributed by atoms with Crippen molar-refractivity contribution in [3.05, 3.63) is 0 Å². The summed E-state index contributed by atoms with van der Waals surface area (Å²) in [6.45, 7) is 9.76. The fourth-order valence-corrected chi connectivity index (χ4v) is 2.02. The van der Waals surface area contributed by atoms with Crippen molar-refractivity contribution in [3.8, 4) is 0 Å². The average Bonchev–Trinajstić information content (AvgIpc) is 2.33. The van der Waals surface area contributed by atoms with Crippen LogP contribution in [0.15, 0.2) is 4.99 Å². The number of rotatable bonds is 3. The number of piperidine rings is 1. The molecule has 2 N–H and O–H groups in total. The van der Waals surface area contributed by atoms with Crippen LogP contribution < -0.4 is 5.32 Å². The van der Waals surface area contributed by atoms with Crippen molar-refractivity contribution in [3.63, 3.8) is 0 Å². The van der Waals surface area contributed by atoms with Gasteiger partial charge in [-0.15, -0.1) is 24.0 Å². The van der Waals surface area contributed by atoms with E-state index in [0.29, 0.717) is 5.96 Å². The molecule has 0 saturated carbocycles. The first-order chi connectivity index (χ1) is 9.31. The van der Waals surface area contributed by atoms with Crippen LogP contribution in [0.3, 0.4) is 0 Å². The van der Waals surface area contributed by atoms with Crippen LogP contribution >= 0.6 is 24.0 Å². The third-order valence-corrected chi connectivity index (χ3v) is 2.88. The van der Waals surface area contributed by atoms with Gasteiger partial charge in [-0.2, -0.15) is 0 Å². The summed E-state index contributed by atoms with van der Waals surface area (Å²) in [5.41, 5.74) is -0.486. The Balaban J connectivity index is 0.00000400. The molecule has 0 unspecified atom stereocenters. The van der Waals surface area contributed by atoms with E-state index in [1.165, 1.54) is 0 Å². The first-order valence-corrected chi connectivity index (χ1v) is 7.25. The summed E-state index contributed by atoms with van der Waals surface area (Å²) >= 11 is 0. The van der Waals surface area contributed by atoms with Crippen molar-refractivity contribution in [1.29, 1.82) is 0 Å². The molecule has 0 aromatic heterocycles. The molecule has 124 valence electrons. The molecule has 1 saturated heterocycles. The maximum absolute atomic E-state index is 11.7. The number of carbonyl (C=O) groups excluding carboxylic acids is 1. The molecule has 1 heterocycles. The van der Waals surface area contributed by atoms with Crippen molar-refractivity contribution in [2.45, 2.75) is 52.2 Å². The Labute approximate surface area is 144 Å². The van der Waals surface area contributed by atoms with E-state index in [1.807, 2.05) is 27.7 Å². The van der Waals surface area contributed by atoms with E-state index < -0.39 is 5.60 Å².